The second kappa shape index (κ2) is 6.79. The number of hydroxylamine groups is 1. The Morgan fingerprint density at radius 1 is 1.27 bits per heavy atom. The van der Waals surface area contributed by atoms with Crippen molar-refractivity contribution in [3.63, 3.8) is 0 Å². The van der Waals surface area contributed by atoms with E-state index < -0.39 is 0 Å². The Labute approximate surface area is 130 Å². The molecule has 1 aromatic carbocycles. The second-order valence-electron chi connectivity index (χ2n) is 5.92. The number of rotatable bonds is 7. The van der Waals surface area contributed by atoms with E-state index in [1.807, 2.05) is 42.5 Å². The zero-order valence-electron chi connectivity index (χ0n) is 12.7. The minimum atomic E-state index is -0.131. The van der Waals surface area contributed by atoms with E-state index in [0.717, 1.165) is 23.0 Å². The van der Waals surface area contributed by atoms with Gasteiger partial charge in [0, 0.05) is 18.8 Å². The third kappa shape index (κ3) is 3.98. The summed E-state index contributed by atoms with van der Waals surface area (Å²) in [5.41, 5.74) is 3.49. The highest BCUT2D eigenvalue weighted by atomic mass is 16.6. The molecular formula is C18H21NO3. The molecule has 0 saturated heterocycles. The van der Waals surface area contributed by atoms with Crippen LogP contribution in [-0.4, -0.2) is 5.91 Å². The molecule has 0 spiro atoms. The number of benzene rings is 1. The first-order valence-corrected chi connectivity index (χ1v) is 7.75. The van der Waals surface area contributed by atoms with Crippen LogP contribution in [0.3, 0.4) is 0 Å². The van der Waals surface area contributed by atoms with Crippen molar-refractivity contribution in [2.24, 2.45) is 5.92 Å². The van der Waals surface area contributed by atoms with Gasteiger partial charge >= 0.3 is 0 Å². The van der Waals surface area contributed by atoms with Gasteiger partial charge in [0.15, 0.2) is 0 Å². The summed E-state index contributed by atoms with van der Waals surface area (Å²) >= 11 is 0. The Kier molecular flexibility index (Phi) is 4.59. The molecule has 116 valence electrons. The van der Waals surface area contributed by atoms with Gasteiger partial charge in [-0.3, -0.25) is 9.63 Å². The highest BCUT2D eigenvalue weighted by molar-refractivity contribution is 5.74. The van der Waals surface area contributed by atoms with Gasteiger partial charge in [0.1, 0.15) is 11.5 Å². The zero-order valence-corrected chi connectivity index (χ0v) is 12.7. The van der Waals surface area contributed by atoms with E-state index in [1.54, 1.807) is 0 Å². The molecule has 4 nitrogen and oxygen atoms in total. The lowest BCUT2D eigenvalue weighted by Gasteiger charge is -2.05. The lowest BCUT2D eigenvalue weighted by Crippen LogP contribution is -2.23. The van der Waals surface area contributed by atoms with Gasteiger partial charge in [0.2, 0.25) is 5.91 Å². The Hall–Kier alpha value is -2.07. The average Bonchev–Trinajstić information content (AvgIpc) is 3.08. The van der Waals surface area contributed by atoms with Crippen LogP contribution < -0.4 is 5.48 Å². The van der Waals surface area contributed by atoms with E-state index in [4.69, 9.17) is 9.25 Å². The number of amides is 1. The molecule has 1 N–H and O–H groups in total. The second-order valence-corrected chi connectivity index (χ2v) is 5.92. The van der Waals surface area contributed by atoms with Gasteiger partial charge in [-0.25, -0.2) is 5.48 Å². The van der Waals surface area contributed by atoms with E-state index in [9.17, 15) is 4.79 Å². The molecule has 22 heavy (non-hydrogen) atoms. The monoisotopic (exact) mass is 299 g/mol. The topological polar surface area (TPSA) is 51.5 Å². The van der Waals surface area contributed by atoms with Crippen molar-refractivity contribution >= 4 is 5.91 Å². The van der Waals surface area contributed by atoms with Crippen LogP contribution in [0.4, 0.5) is 0 Å². The van der Waals surface area contributed by atoms with Crippen molar-refractivity contribution in [3.8, 4) is 0 Å². The van der Waals surface area contributed by atoms with E-state index in [1.165, 1.54) is 6.42 Å². The molecule has 1 aliphatic carbocycles. The number of carbonyl (C=O) groups is 1. The van der Waals surface area contributed by atoms with Crippen LogP contribution in [0.5, 0.6) is 0 Å². The minimum Gasteiger partial charge on any atom is -0.466 e. The number of carbonyl (C=O) groups excluding carboxylic acids is 1. The van der Waals surface area contributed by atoms with E-state index >= 15 is 0 Å². The Bertz CT molecular complexity index is 620. The number of furan rings is 1. The standard InChI is InChI=1S/C18H21NO3/c1-13-11-16(13)17-9-7-15(22-17)8-10-18(20)19-21-12-14-5-3-2-4-6-14/h2-7,9,13,16H,8,10-12H2,1H3,(H,19,20)/t13-,16+/m1/s1. The van der Waals surface area contributed by atoms with Crippen molar-refractivity contribution in [1.29, 1.82) is 0 Å². The van der Waals surface area contributed by atoms with Crippen LogP contribution in [0.1, 0.15) is 42.8 Å². The van der Waals surface area contributed by atoms with Crippen LogP contribution in [-0.2, 0) is 22.7 Å². The molecule has 2 aromatic rings. The Morgan fingerprint density at radius 3 is 2.77 bits per heavy atom. The maximum atomic E-state index is 11.7. The van der Waals surface area contributed by atoms with Gasteiger partial charge in [-0.15, -0.1) is 0 Å². The van der Waals surface area contributed by atoms with Crippen LogP contribution in [0.2, 0.25) is 0 Å². The summed E-state index contributed by atoms with van der Waals surface area (Å²) in [6.45, 7) is 2.60. The normalized spacial score (nSPS) is 19.9. The Morgan fingerprint density at radius 2 is 2.05 bits per heavy atom. The van der Waals surface area contributed by atoms with Gasteiger partial charge in [-0.05, 0) is 30.0 Å². The highest BCUT2D eigenvalue weighted by Crippen LogP contribution is 2.47. The molecule has 3 rings (SSSR count). The molecule has 4 heteroatoms. The molecule has 1 amide bonds. The molecule has 0 unspecified atom stereocenters. The van der Waals surface area contributed by atoms with Crippen molar-refractivity contribution in [2.45, 2.75) is 38.7 Å². The first-order valence-electron chi connectivity index (χ1n) is 7.75. The fraction of sp³-hybridized carbons (Fsp3) is 0.389. The van der Waals surface area contributed by atoms with E-state index in [2.05, 4.69) is 12.4 Å². The van der Waals surface area contributed by atoms with Crippen molar-refractivity contribution < 1.29 is 14.0 Å². The highest BCUT2D eigenvalue weighted by Gasteiger charge is 2.36. The third-order valence-electron chi connectivity index (χ3n) is 4.02. The molecule has 1 aromatic heterocycles. The lowest BCUT2D eigenvalue weighted by atomic mass is 10.2. The van der Waals surface area contributed by atoms with Crippen molar-refractivity contribution in [2.75, 3.05) is 0 Å². The molecule has 0 aliphatic heterocycles. The maximum Gasteiger partial charge on any atom is 0.243 e. The summed E-state index contributed by atoms with van der Waals surface area (Å²) in [5.74, 6) is 3.11. The van der Waals surface area contributed by atoms with Gasteiger partial charge in [-0.1, -0.05) is 37.3 Å². The summed E-state index contributed by atoms with van der Waals surface area (Å²) < 4.78 is 5.78. The number of nitrogens with one attached hydrogen (secondary N) is 1. The van der Waals surface area contributed by atoms with Gasteiger partial charge in [-0.2, -0.15) is 0 Å². The number of hydrogen-bond acceptors (Lipinski definition) is 3. The van der Waals surface area contributed by atoms with Crippen molar-refractivity contribution in [1.82, 2.24) is 5.48 Å². The molecule has 0 bridgehead atoms. The van der Waals surface area contributed by atoms with Gasteiger partial charge in [0.25, 0.3) is 0 Å². The van der Waals surface area contributed by atoms with Crippen LogP contribution >= 0.6 is 0 Å². The maximum absolute atomic E-state index is 11.7. The predicted molar refractivity (Wildman–Crippen MR) is 82.9 cm³/mol. The smallest absolute Gasteiger partial charge is 0.243 e. The van der Waals surface area contributed by atoms with E-state index in [-0.39, 0.29) is 5.91 Å². The molecule has 0 radical (unpaired) electrons. The SMILES string of the molecule is C[C@@H]1C[C@@H]1c1ccc(CCC(=O)NOCc2ccccc2)o1. The van der Waals surface area contributed by atoms with Crippen molar-refractivity contribution in [3.05, 3.63) is 59.5 Å². The van der Waals surface area contributed by atoms with Crippen LogP contribution in [0.25, 0.3) is 0 Å². The third-order valence-corrected chi connectivity index (χ3v) is 4.02. The molecule has 1 heterocycles. The fourth-order valence-electron chi connectivity index (χ4n) is 2.51. The minimum absolute atomic E-state index is 0.131. The quantitative estimate of drug-likeness (QED) is 0.795. The molecular weight excluding hydrogens is 278 g/mol. The summed E-state index contributed by atoms with van der Waals surface area (Å²) in [6, 6.07) is 13.7. The predicted octanol–water partition coefficient (Wildman–Crippen LogP) is 3.58. The first kappa shape index (κ1) is 14.9. The van der Waals surface area contributed by atoms with E-state index in [0.29, 0.717) is 25.4 Å². The first-order chi connectivity index (χ1) is 10.7. The van der Waals surface area contributed by atoms with Gasteiger partial charge < -0.3 is 4.42 Å². The summed E-state index contributed by atoms with van der Waals surface area (Å²) in [4.78, 5) is 16.9. The van der Waals surface area contributed by atoms with Gasteiger partial charge in [0.05, 0.1) is 6.61 Å². The molecule has 1 aliphatic rings. The Balaban J connectivity index is 1.36. The number of aryl methyl sites for hydroxylation is 1. The fourth-order valence-corrected chi connectivity index (χ4v) is 2.51. The summed E-state index contributed by atoms with van der Waals surface area (Å²) in [6.07, 6.45) is 2.17. The molecule has 1 saturated carbocycles. The summed E-state index contributed by atoms with van der Waals surface area (Å²) in [7, 11) is 0. The molecule has 2 atom stereocenters. The zero-order chi connectivity index (χ0) is 15.4. The lowest BCUT2D eigenvalue weighted by molar-refractivity contribution is -0.134. The number of hydrogen-bond donors (Lipinski definition) is 1. The molecule has 1 fully saturated rings. The van der Waals surface area contributed by atoms with Crippen LogP contribution in [0.15, 0.2) is 46.9 Å². The largest absolute Gasteiger partial charge is 0.466 e. The average molecular weight is 299 g/mol. The van der Waals surface area contributed by atoms with Crippen LogP contribution in [0, 0.1) is 5.92 Å². The summed E-state index contributed by atoms with van der Waals surface area (Å²) in [5, 5.41) is 0.